The maximum absolute atomic E-state index is 4.02. The van der Waals surface area contributed by atoms with Crippen LogP contribution in [0.3, 0.4) is 0 Å². The molecule has 1 heterocycles. The van der Waals surface area contributed by atoms with Crippen molar-refractivity contribution in [1.29, 1.82) is 0 Å². The van der Waals surface area contributed by atoms with Crippen molar-refractivity contribution in [3.05, 3.63) is 24.9 Å². The number of piperidine rings is 1. The summed E-state index contributed by atoms with van der Waals surface area (Å²) in [6.07, 6.45) is 8.60. The second kappa shape index (κ2) is 5.90. The third kappa shape index (κ3) is 3.57. The van der Waals surface area contributed by atoms with Gasteiger partial charge in [-0.1, -0.05) is 12.7 Å². The number of nitrogens with zero attached hydrogens (tertiary/aromatic N) is 1. The number of unbranched alkanes of at least 4 members (excludes halogenated alkanes) is 1. The zero-order valence-corrected chi connectivity index (χ0v) is 9.47. The van der Waals surface area contributed by atoms with Gasteiger partial charge in [-0.2, -0.15) is 0 Å². The highest BCUT2D eigenvalue weighted by Crippen LogP contribution is 2.23. The van der Waals surface area contributed by atoms with Gasteiger partial charge in [-0.3, -0.25) is 0 Å². The molecular formula is C13H23N. The molecule has 0 saturated carbocycles. The van der Waals surface area contributed by atoms with Gasteiger partial charge in [0.05, 0.1) is 0 Å². The molecule has 0 aromatic carbocycles. The van der Waals surface area contributed by atoms with Crippen LogP contribution in [-0.2, 0) is 0 Å². The van der Waals surface area contributed by atoms with Crippen molar-refractivity contribution in [3.63, 3.8) is 0 Å². The number of hydrogen-bond acceptors (Lipinski definition) is 1. The second-order valence-corrected chi connectivity index (χ2v) is 4.41. The zero-order valence-electron chi connectivity index (χ0n) is 9.47. The van der Waals surface area contributed by atoms with E-state index in [4.69, 9.17) is 0 Å². The summed E-state index contributed by atoms with van der Waals surface area (Å²) in [4.78, 5) is 2.43. The maximum Gasteiger partial charge on any atom is 0.0203 e. The Kier molecular flexibility index (Phi) is 4.78. The average Bonchev–Trinajstić information content (AvgIpc) is 2.19. The summed E-state index contributed by atoms with van der Waals surface area (Å²) in [7, 11) is 0. The Morgan fingerprint density at radius 1 is 1.57 bits per heavy atom. The van der Waals surface area contributed by atoms with Crippen LogP contribution in [0.5, 0.6) is 0 Å². The van der Waals surface area contributed by atoms with Gasteiger partial charge in [-0.05, 0) is 44.9 Å². The van der Waals surface area contributed by atoms with Gasteiger partial charge in [0.15, 0.2) is 0 Å². The molecule has 14 heavy (non-hydrogen) atoms. The fourth-order valence-corrected chi connectivity index (χ4v) is 2.20. The van der Waals surface area contributed by atoms with Crippen molar-refractivity contribution in [3.8, 4) is 0 Å². The Balaban J connectivity index is 2.25. The second-order valence-electron chi connectivity index (χ2n) is 4.41. The van der Waals surface area contributed by atoms with E-state index in [0.29, 0.717) is 0 Å². The van der Waals surface area contributed by atoms with Crippen molar-refractivity contribution in [2.75, 3.05) is 13.1 Å². The van der Waals surface area contributed by atoms with E-state index in [1.165, 1.54) is 50.9 Å². The molecule has 1 aliphatic rings. The van der Waals surface area contributed by atoms with Crippen LogP contribution >= 0.6 is 0 Å². The molecule has 1 nitrogen and oxygen atoms in total. The Hall–Kier alpha value is -0.720. The molecule has 0 radical (unpaired) electrons. The molecular weight excluding hydrogens is 170 g/mol. The summed E-state index contributed by atoms with van der Waals surface area (Å²) in [5.41, 5.74) is 1.23. The van der Waals surface area contributed by atoms with E-state index in [2.05, 4.69) is 25.0 Å². The first-order chi connectivity index (χ1) is 6.74. The summed E-state index contributed by atoms with van der Waals surface area (Å²) < 4.78 is 0. The topological polar surface area (TPSA) is 3.24 Å². The lowest BCUT2D eigenvalue weighted by Gasteiger charge is -2.34. The first-order valence-electron chi connectivity index (χ1n) is 5.75. The minimum Gasteiger partial charge on any atom is -0.375 e. The van der Waals surface area contributed by atoms with Gasteiger partial charge in [0.25, 0.3) is 0 Å². The summed E-state index contributed by atoms with van der Waals surface area (Å²) in [5, 5.41) is 0. The molecule has 1 atom stereocenters. The fourth-order valence-electron chi connectivity index (χ4n) is 2.20. The standard InChI is InChI=1S/C13H23N/c1-4-5-6-8-13-9-7-10-14(11-13)12(2)3/h4,13H,1-2,5-11H2,3H3. The quantitative estimate of drug-likeness (QED) is 0.476. The predicted octanol–water partition coefficient (Wildman–Crippen LogP) is 3.59. The molecule has 1 unspecified atom stereocenters. The molecule has 0 aromatic rings. The Labute approximate surface area is 88.5 Å². The van der Waals surface area contributed by atoms with E-state index in [-0.39, 0.29) is 0 Å². The summed E-state index contributed by atoms with van der Waals surface area (Å²) >= 11 is 0. The van der Waals surface area contributed by atoms with Crippen LogP contribution in [0.25, 0.3) is 0 Å². The molecule has 1 heteroatoms. The van der Waals surface area contributed by atoms with E-state index < -0.39 is 0 Å². The molecule has 0 aliphatic carbocycles. The summed E-state index contributed by atoms with van der Waals surface area (Å²) in [6, 6.07) is 0. The smallest absolute Gasteiger partial charge is 0.0203 e. The summed E-state index contributed by atoms with van der Waals surface area (Å²) in [5.74, 6) is 0.889. The van der Waals surface area contributed by atoms with Crippen LogP contribution < -0.4 is 0 Å². The van der Waals surface area contributed by atoms with Crippen LogP contribution in [0.1, 0.15) is 39.0 Å². The van der Waals surface area contributed by atoms with Gasteiger partial charge >= 0.3 is 0 Å². The molecule has 0 spiro atoms. The largest absolute Gasteiger partial charge is 0.375 e. The van der Waals surface area contributed by atoms with Gasteiger partial charge in [-0.25, -0.2) is 0 Å². The van der Waals surface area contributed by atoms with Gasteiger partial charge in [0.2, 0.25) is 0 Å². The zero-order chi connectivity index (χ0) is 10.4. The predicted molar refractivity (Wildman–Crippen MR) is 63.2 cm³/mol. The van der Waals surface area contributed by atoms with E-state index in [9.17, 15) is 0 Å². The third-order valence-corrected chi connectivity index (χ3v) is 3.08. The highest BCUT2D eigenvalue weighted by molar-refractivity contribution is 4.91. The van der Waals surface area contributed by atoms with E-state index in [1.807, 2.05) is 6.08 Å². The van der Waals surface area contributed by atoms with Crippen LogP contribution in [0.2, 0.25) is 0 Å². The first-order valence-corrected chi connectivity index (χ1v) is 5.75. The van der Waals surface area contributed by atoms with Crippen molar-refractivity contribution in [2.24, 2.45) is 5.92 Å². The van der Waals surface area contributed by atoms with Gasteiger partial charge < -0.3 is 4.90 Å². The maximum atomic E-state index is 4.02. The minimum atomic E-state index is 0.889. The monoisotopic (exact) mass is 193 g/mol. The molecule has 1 fully saturated rings. The van der Waals surface area contributed by atoms with Crippen LogP contribution in [0, 0.1) is 5.92 Å². The Bertz CT molecular complexity index is 195. The molecule has 0 aromatic heterocycles. The normalized spacial score (nSPS) is 22.1. The van der Waals surface area contributed by atoms with Gasteiger partial charge in [-0.15, -0.1) is 6.58 Å². The molecule has 1 saturated heterocycles. The van der Waals surface area contributed by atoms with Gasteiger partial charge in [0, 0.05) is 18.8 Å². The molecule has 0 N–H and O–H groups in total. The van der Waals surface area contributed by atoms with Crippen LogP contribution in [0.4, 0.5) is 0 Å². The van der Waals surface area contributed by atoms with E-state index in [1.54, 1.807) is 0 Å². The number of hydrogen-bond donors (Lipinski definition) is 0. The lowest BCUT2D eigenvalue weighted by Crippen LogP contribution is -2.33. The number of allylic oxidation sites excluding steroid dienone is 2. The number of likely N-dealkylation sites (tertiary alicyclic amines) is 1. The molecule has 1 aliphatic heterocycles. The minimum absolute atomic E-state index is 0.889. The molecule has 80 valence electrons. The molecule has 1 rings (SSSR count). The average molecular weight is 193 g/mol. The van der Waals surface area contributed by atoms with Crippen molar-refractivity contribution < 1.29 is 0 Å². The van der Waals surface area contributed by atoms with Crippen molar-refractivity contribution >= 4 is 0 Å². The lowest BCUT2D eigenvalue weighted by atomic mass is 9.92. The summed E-state index contributed by atoms with van der Waals surface area (Å²) in [6.45, 7) is 12.3. The van der Waals surface area contributed by atoms with E-state index >= 15 is 0 Å². The third-order valence-electron chi connectivity index (χ3n) is 3.08. The molecule has 0 amide bonds. The van der Waals surface area contributed by atoms with Gasteiger partial charge in [0.1, 0.15) is 0 Å². The number of rotatable bonds is 5. The Morgan fingerprint density at radius 3 is 3.00 bits per heavy atom. The van der Waals surface area contributed by atoms with Crippen molar-refractivity contribution in [2.45, 2.75) is 39.0 Å². The highest BCUT2D eigenvalue weighted by Gasteiger charge is 2.18. The highest BCUT2D eigenvalue weighted by atomic mass is 15.1. The van der Waals surface area contributed by atoms with Crippen molar-refractivity contribution in [1.82, 2.24) is 4.90 Å². The SMILES string of the molecule is C=CCCCC1CCCN(C(=C)C)C1. The fraction of sp³-hybridized carbons (Fsp3) is 0.692. The van der Waals surface area contributed by atoms with Crippen LogP contribution in [-0.4, -0.2) is 18.0 Å². The molecule has 0 bridgehead atoms. The van der Waals surface area contributed by atoms with E-state index in [0.717, 1.165) is 5.92 Å². The lowest BCUT2D eigenvalue weighted by molar-refractivity contribution is 0.208. The van der Waals surface area contributed by atoms with Crippen LogP contribution in [0.15, 0.2) is 24.9 Å². The Morgan fingerprint density at radius 2 is 2.36 bits per heavy atom. The first kappa shape index (κ1) is 11.4.